The molecule has 0 saturated heterocycles. The van der Waals surface area contributed by atoms with E-state index in [9.17, 15) is 4.79 Å². The van der Waals surface area contributed by atoms with Gasteiger partial charge in [-0.05, 0) is 68.8 Å². The van der Waals surface area contributed by atoms with Gasteiger partial charge >= 0.3 is 0 Å². The van der Waals surface area contributed by atoms with Crippen molar-refractivity contribution in [3.05, 3.63) is 53.6 Å². The maximum Gasteiger partial charge on any atom is 0.271 e. The maximum atomic E-state index is 12.1. The largest absolute Gasteiger partial charge is 0.494 e. The lowest BCUT2D eigenvalue weighted by molar-refractivity contribution is 0.0955. The number of rotatable bonds is 9. The van der Waals surface area contributed by atoms with Crippen molar-refractivity contribution in [3.8, 4) is 17.2 Å². The monoisotopic (exact) mass is 356 g/mol. The van der Waals surface area contributed by atoms with Gasteiger partial charge in [-0.3, -0.25) is 4.79 Å². The third kappa shape index (κ3) is 5.51. The van der Waals surface area contributed by atoms with Crippen molar-refractivity contribution in [2.45, 2.75) is 20.8 Å². The Bertz CT molecular complexity index is 742. The van der Waals surface area contributed by atoms with Gasteiger partial charge in [0.2, 0.25) is 0 Å². The average molecular weight is 356 g/mol. The molecule has 0 atom stereocenters. The van der Waals surface area contributed by atoms with Gasteiger partial charge < -0.3 is 14.2 Å². The molecule has 0 fully saturated rings. The quantitative estimate of drug-likeness (QED) is 0.550. The first-order chi connectivity index (χ1) is 12.7. The molecule has 0 aromatic heterocycles. The molecule has 0 saturated carbocycles. The molecule has 0 heterocycles. The molecule has 1 amide bonds. The van der Waals surface area contributed by atoms with E-state index < -0.39 is 0 Å². The number of hydrazone groups is 1. The van der Waals surface area contributed by atoms with Crippen molar-refractivity contribution < 1.29 is 19.0 Å². The Balaban J connectivity index is 2.00. The zero-order chi connectivity index (χ0) is 18.8. The Kier molecular flexibility index (Phi) is 7.49. The summed E-state index contributed by atoms with van der Waals surface area (Å²) in [5, 5.41) is 4.00. The topological polar surface area (TPSA) is 69.2 Å². The van der Waals surface area contributed by atoms with Crippen LogP contribution in [0.3, 0.4) is 0 Å². The molecule has 0 aliphatic carbocycles. The van der Waals surface area contributed by atoms with Crippen molar-refractivity contribution in [3.63, 3.8) is 0 Å². The molecule has 0 bridgehead atoms. The zero-order valence-corrected chi connectivity index (χ0v) is 15.3. The van der Waals surface area contributed by atoms with E-state index in [1.165, 1.54) is 0 Å². The Morgan fingerprint density at radius 1 is 0.923 bits per heavy atom. The second-order valence-electron chi connectivity index (χ2n) is 5.23. The Labute approximate surface area is 153 Å². The van der Waals surface area contributed by atoms with Crippen LogP contribution in [0, 0.1) is 0 Å². The van der Waals surface area contributed by atoms with E-state index >= 15 is 0 Å². The van der Waals surface area contributed by atoms with Gasteiger partial charge in [-0.25, -0.2) is 5.43 Å². The van der Waals surface area contributed by atoms with Gasteiger partial charge in [0, 0.05) is 5.56 Å². The number of hydrogen-bond acceptors (Lipinski definition) is 5. The molecule has 2 rings (SSSR count). The number of hydrogen-bond donors (Lipinski definition) is 1. The summed E-state index contributed by atoms with van der Waals surface area (Å²) in [5.41, 5.74) is 3.81. The van der Waals surface area contributed by atoms with E-state index in [0.717, 1.165) is 11.3 Å². The number of amides is 1. The van der Waals surface area contributed by atoms with E-state index in [1.807, 2.05) is 39.0 Å². The highest BCUT2D eigenvalue weighted by molar-refractivity contribution is 5.95. The van der Waals surface area contributed by atoms with E-state index in [1.54, 1.807) is 30.5 Å². The Morgan fingerprint density at radius 3 is 2.23 bits per heavy atom. The van der Waals surface area contributed by atoms with Crippen molar-refractivity contribution >= 4 is 12.1 Å². The van der Waals surface area contributed by atoms with Crippen molar-refractivity contribution in [1.82, 2.24) is 5.43 Å². The molecule has 1 N–H and O–H groups in total. The molecule has 2 aromatic carbocycles. The third-order valence-electron chi connectivity index (χ3n) is 3.37. The van der Waals surface area contributed by atoms with Crippen LogP contribution >= 0.6 is 0 Å². The molecule has 26 heavy (non-hydrogen) atoms. The number of benzene rings is 2. The van der Waals surface area contributed by atoms with Gasteiger partial charge in [-0.2, -0.15) is 5.10 Å². The molecule has 0 unspecified atom stereocenters. The van der Waals surface area contributed by atoms with Crippen LogP contribution in [0.25, 0.3) is 0 Å². The number of nitrogens with zero attached hydrogens (tertiary/aromatic N) is 1. The lowest BCUT2D eigenvalue weighted by Crippen LogP contribution is -2.17. The minimum atomic E-state index is -0.291. The van der Waals surface area contributed by atoms with Crippen LogP contribution < -0.4 is 19.6 Å². The van der Waals surface area contributed by atoms with Gasteiger partial charge in [0.15, 0.2) is 11.5 Å². The SMILES string of the molecule is CCOc1ccc(C(=O)N/N=C\c2ccc(OCC)c(OCC)c2)cc1. The average Bonchev–Trinajstić information content (AvgIpc) is 2.65. The summed E-state index contributed by atoms with van der Waals surface area (Å²) in [6.45, 7) is 7.42. The smallest absolute Gasteiger partial charge is 0.271 e. The second kappa shape index (κ2) is 10.1. The van der Waals surface area contributed by atoms with Crippen molar-refractivity contribution in [2.75, 3.05) is 19.8 Å². The number of carbonyl (C=O) groups is 1. The molecule has 0 radical (unpaired) electrons. The first kappa shape index (κ1) is 19.3. The predicted molar refractivity (Wildman–Crippen MR) is 101 cm³/mol. The molecular weight excluding hydrogens is 332 g/mol. The summed E-state index contributed by atoms with van der Waals surface area (Å²) in [6.07, 6.45) is 1.56. The van der Waals surface area contributed by atoms with Crippen LogP contribution in [0.1, 0.15) is 36.7 Å². The fourth-order valence-electron chi connectivity index (χ4n) is 2.25. The minimum absolute atomic E-state index is 0.291. The molecule has 0 aliphatic rings. The van der Waals surface area contributed by atoms with Crippen LogP contribution in [0.4, 0.5) is 0 Å². The lowest BCUT2D eigenvalue weighted by Gasteiger charge is -2.11. The van der Waals surface area contributed by atoms with E-state index in [0.29, 0.717) is 36.9 Å². The highest BCUT2D eigenvalue weighted by Gasteiger charge is 2.06. The third-order valence-corrected chi connectivity index (χ3v) is 3.37. The van der Waals surface area contributed by atoms with Gasteiger partial charge in [0.1, 0.15) is 5.75 Å². The second-order valence-corrected chi connectivity index (χ2v) is 5.23. The van der Waals surface area contributed by atoms with E-state index in [-0.39, 0.29) is 5.91 Å². The summed E-state index contributed by atoms with van der Waals surface area (Å²) >= 11 is 0. The Morgan fingerprint density at radius 2 is 1.58 bits per heavy atom. The van der Waals surface area contributed by atoms with Crippen LogP contribution in [-0.2, 0) is 0 Å². The lowest BCUT2D eigenvalue weighted by atomic mass is 10.2. The molecule has 6 heteroatoms. The Hall–Kier alpha value is -3.02. The summed E-state index contributed by atoms with van der Waals surface area (Å²) in [5.74, 6) is 1.77. The fourth-order valence-corrected chi connectivity index (χ4v) is 2.25. The van der Waals surface area contributed by atoms with Crippen LogP contribution in [0.2, 0.25) is 0 Å². The first-order valence-electron chi connectivity index (χ1n) is 8.63. The molecule has 6 nitrogen and oxygen atoms in total. The molecular formula is C20H24N2O4. The molecule has 2 aromatic rings. The highest BCUT2D eigenvalue weighted by atomic mass is 16.5. The standard InChI is InChI=1S/C20H24N2O4/c1-4-24-17-10-8-16(9-11-17)20(23)22-21-14-15-7-12-18(25-5-2)19(13-15)26-6-3/h7-14H,4-6H2,1-3H3,(H,22,23)/b21-14-. The van der Waals surface area contributed by atoms with Crippen LogP contribution in [0.15, 0.2) is 47.6 Å². The summed E-state index contributed by atoms with van der Waals surface area (Å²) in [6, 6.07) is 12.4. The van der Waals surface area contributed by atoms with E-state index in [2.05, 4.69) is 10.5 Å². The minimum Gasteiger partial charge on any atom is -0.494 e. The number of carbonyl (C=O) groups excluding carboxylic acids is 1. The van der Waals surface area contributed by atoms with Gasteiger partial charge in [-0.1, -0.05) is 0 Å². The summed E-state index contributed by atoms with van der Waals surface area (Å²) < 4.78 is 16.4. The highest BCUT2D eigenvalue weighted by Crippen LogP contribution is 2.27. The van der Waals surface area contributed by atoms with Gasteiger partial charge in [0.25, 0.3) is 5.91 Å². The van der Waals surface area contributed by atoms with Gasteiger partial charge in [0.05, 0.1) is 26.0 Å². The molecule has 138 valence electrons. The van der Waals surface area contributed by atoms with Crippen molar-refractivity contribution in [2.24, 2.45) is 5.10 Å². The zero-order valence-electron chi connectivity index (χ0n) is 15.3. The summed E-state index contributed by atoms with van der Waals surface area (Å²) in [7, 11) is 0. The fraction of sp³-hybridized carbons (Fsp3) is 0.300. The molecule has 0 spiro atoms. The van der Waals surface area contributed by atoms with Crippen molar-refractivity contribution in [1.29, 1.82) is 0 Å². The van der Waals surface area contributed by atoms with Crippen LogP contribution in [0.5, 0.6) is 17.2 Å². The van der Waals surface area contributed by atoms with E-state index in [4.69, 9.17) is 14.2 Å². The number of nitrogens with one attached hydrogen (secondary N) is 1. The predicted octanol–water partition coefficient (Wildman–Crippen LogP) is 3.65. The first-order valence-corrected chi connectivity index (χ1v) is 8.63. The molecule has 0 aliphatic heterocycles. The normalized spacial score (nSPS) is 10.6. The maximum absolute atomic E-state index is 12.1. The van der Waals surface area contributed by atoms with Crippen LogP contribution in [-0.4, -0.2) is 31.9 Å². The van der Waals surface area contributed by atoms with Gasteiger partial charge in [-0.15, -0.1) is 0 Å². The number of ether oxygens (including phenoxy) is 3. The summed E-state index contributed by atoms with van der Waals surface area (Å²) in [4.78, 5) is 12.1.